The average Bonchev–Trinajstić information content (AvgIpc) is 2.52. The second-order valence-electron chi connectivity index (χ2n) is 5.70. The van der Waals surface area contributed by atoms with Crippen molar-refractivity contribution >= 4 is 27.5 Å². The van der Waals surface area contributed by atoms with Crippen LogP contribution in [0.5, 0.6) is 0 Å². The van der Waals surface area contributed by atoms with Crippen molar-refractivity contribution in [3.8, 4) is 0 Å². The Morgan fingerprint density at radius 1 is 1.00 bits per heavy atom. The zero-order valence-corrected chi connectivity index (χ0v) is 12.6. The molecule has 0 aliphatic heterocycles. The second kappa shape index (κ2) is 6.13. The summed E-state index contributed by atoms with van der Waals surface area (Å²) in [5.74, 6) is 0. The van der Waals surface area contributed by atoms with Crippen LogP contribution in [-0.2, 0) is 6.42 Å². The molecule has 0 saturated carbocycles. The van der Waals surface area contributed by atoms with Gasteiger partial charge in [-0.2, -0.15) is 0 Å². The minimum atomic E-state index is 0.771. The summed E-state index contributed by atoms with van der Waals surface area (Å²) in [5, 5.41) is 2.40. The Balaban J connectivity index is 2.04. The van der Waals surface area contributed by atoms with Crippen LogP contribution in [0.25, 0.3) is 21.8 Å². The van der Waals surface area contributed by atoms with Gasteiger partial charge in [-0.1, -0.05) is 50.5 Å². The number of rotatable bonds is 5. The van der Waals surface area contributed by atoms with E-state index in [0.717, 1.165) is 23.1 Å². The molecule has 1 heterocycles. The lowest BCUT2D eigenvalue weighted by Gasteiger charge is -2.10. The van der Waals surface area contributed by atoms with Crippen LogP contribution < -0.4 is 5.73 Å². The molecular weight excluding hydrogens is 256 g/mol. The third-order valence-electron chi connectivity index (χ3n) is 4.11. The number of para-hydroxylation sites is 1. The van der Waals surface area contributed by atoms with E-state index in [1.165, 1.54) is 42.0 Å². The maximum atomic E-state index is 6.13. The van der Waals surface area contributed by atoms with Crippen molar-refractivity contribution in [1.82, 2.24) is 4.98 Å². The first-order valence-electron chi connectivity index (χ1n) is 7.86. The number of benzene rings is 2. The van der Waals surface area contributed by atoms with Crippen LogP contribution in [0.2, 0.25) is 0 Å². The fraction of sp³-hybridized carbons (Fsp3) is 0.316. The highest BCUT2D eigenvalue weighted by Gasteiger charge is 2.07. The van der Waals surface area contributed by atoms with Gasteiger partial charge in [0.25, 0.3) is 0 Å². The number of anilines is 1. The lowest BCUT2D eigenvalue weighted by molar-refractivity contribution is 0.668. The van der Waals surface area contributed by atoms with E-state index in [0.29, 0.717) is 0 Å². The summed E-state index contributed by atoms with van der Waals surface area (Å²) in [7, 11) is 0. The summed E-state index contributed by atoms with van der Waals surface area (Å²) in [5.41, 5.74) is 10.2. The van der Waals surface area contributed by atoms with Gasteiger partial charge in [-0.3, -0.25) is 0 Å². The minimum absolute atomic E-state index is 0.771. The summed E-state index contributed by atoms with van der Waals surface area (Å²) in [6.45, 7) is 2.24. The van der Waals surface area contributed by atoms with Gasteiger partial charge >= 0.3 is 0 Å². The molecule has 0 spiro atoms. The van der Waals surface area contributed by atoms with E-state index in [4.69, 9.17) is 10.7 Å². The molecular formula is C19H22N2. The van der Waals surface area contributed by atoms with Crippen molar-refractivity contribution in [2.45, 2.75) is 39.0 Å². The summed E-state index contributed by atoms with van der Waals surface area (Å²) in [6.07, 6.45) is 6.22. The van der Waals surface area contributed by atoms with Gasteiger partial charge in [0.05, 0.1) is 16.7 Å². The van der Waals surface area contributed by atoms with Crippen molar-refractivity contribution in [3.63, 3.8) is 0 Å². The number of aromatic nitrogens is 1. The van der Waals surface area contributed by atoms with Gasteiger partial charge in [0.15, 0.2) is 0 Å². The number of nitrogens with two attached hydrogens (primary N) is 1. The van der Waals surface area contributed by atoms with Crippen molar-refractivity contribution < 1.29 is 0 Å². The molecule has 2 N–H and O–H groups in total. The second-order valence-corrected chi connectivity index (χ2v) is 5.70. The summed E-state index contributed by atoms with van der Waals surface area (Å²) in [4.78, 5) is 4.76. The smallest absolute Gasteiger partial charge is 0.0941 e. The molecule has 0 saturated heterocycles. The van der Waals surface area contributed by atoms with Crippen LogP contribution in [0, 0.1) is 0 Å². The molecule has 3 aromatic rings. The Hall–Kier alpha value is -2.09. The lowest BCUT2D eigenvalue weighted by Crippen LogP contribution is -1.95. The number of nitrogen functional groups attached to an aromatic ring is 1. The fourth-order valence-corrected chi connectivity index (χ4v) is 2.90. The van der Waals surface area contributed by atoms with E-state index in [9.17, 15) is 0 Å². The summed E-state index contributed by atoms with van der Waals surface area (Å²) >= 11 is 0. The molecule has 0 radical (unpaired) electrons. The van der Waals surface area contributed by atoms with E-state index in [1.54, 1.807) is 0 Å². The summed E-state index contributed by atoms with van der Waals surface area (Å²) < 4.78 is 0. The van der Waals surface area contributed by atoms with Gasteiger partial charge in [-0.25, -0.2) is 4.98 Å². The topological polar surface area (TPSA) is 38.9 Å². The first-order chi connectivity index (χ1) is 10.3. The van der Waals surface area contributed by atoms with Crippen molar-refractivity contribution in [1.29, 1.82) is 0 Å². The van der Waals surface area contributed by atoms with E-state index in [2.05, 4.69) is 31.2 Å². The van der Waals surface area contributed by atoms with E-state index in [-0.39, 0.29) is 0 Å². The quantitative estimate of drug-likeness (QED) is 0.401. The summed E-state index contributed by atoms with van der Waals surface area (Å²) in [6, 6.07) is 14.6. The number of unbranched alkanes of at least 4 members (excludes halogenated alkanes) is 3. The van der Waals surface area contributed by atoms with Gasteiger partial charge < -0.3 is 5.73 Å². The third kappa shape index (κ3) is 2.85. The van der Waals surface area contributed by atoms with Crippen molar-refractivity contribution in [3.05, 3.63) is 48.0 Å². The molecule has 1 aromatic heterocycles. The van der Waals surface area contributed by atoms with Crippen LogP contribution in [0.4, 0.5) is 5.69 Å². The Labute approximate surface area is 126 Å². The fourth-order valence-electron chi connectivity index (χ4n) is 2.90. The highest BCUT2D eigenvalue weighted by atomic mass is 14.7. The maximum absolute atomic E-state index is 6.13. The van der Waals surface area contributed by atoms with Gasteiger partial charge in [0.2, 0.25) is 0 Å². The van der Waals surface area contributed by atoms with Crippen LogP contribution in [-0.4, -0.2) is 4.98 Å². The number of fused-ring (bicyclic) bond motifs is 2. The molecule has 21 heavy (non-hydrogen) atoms. The van der Waals surface area contributed by atoms with E-state index < -0.39 is 0 Å². The van der Waals surface area contributed by atoms with E-state index in [1.807, 2.05) is 18.2 Å². The Morgan fingerprint density at radius 3 is 2.71 bits per heavy atom. The lowest BCUT2D eigenvalue weighted by atomic mass is 9.99. The molecule has 2 nitrogen and oxygen atoms in total. The number of nitrogens with zero attached hydrogens (tertiary/aromatic N) is 1. The standard InChI is InChI=1S/C19H22N2/c1-2-3-4-5-8-14-11-12-17(20)19-16(14)13-15-9-6-7-10-18(15)21-19/h6-7,9-13H,2-5,8,20H2,1H3. The molecule has 0 aliphatic carbocycles. The van der Waals surface area contributed by atoms with Crippen molar-refractivity contribution in [2.24, 2.45) is 0 Å². The third-order valence-corrected chi connectivity index (χ3v) is 4.11. The SMILES string of the molecule is CCCCCCc1ccc(N)c2nc3ccccc3cc12. The maximum Gasteiger partial charge on any atom is 0.0941 e. The molecule has 2 aromatic carbocycles. The van der Waals surface area contributed by atoms with Crippen LogP contribution in [0.15, 0.2) is 42.5 Å². The highest BCUT2D eigenvalue weighted by molar-refractivity contribution is 5.99. The molecule has 0 amide bonds. The van der Waals surface area contributed by atoms with Crippen LogP contribution in [0.3, 0.4) is 0 Å². The first kappa shape index (κ1) is 13.9. The Kier molecular flexibility index (Phi) is 4.05. The largest absolute Gasteiger partial charge is 0.397 e. The van der Waals surface area contributed by atoms with Crippen molar-refractivity contribution in [2.75, 3.05) is 5.73 Å². The zero-order chi connectivity index (χ0) is 14.7. The molecule has 0 unspecified atom stereocenters. The molecule has 0 bridgehead atoms. The van der Waals surface area contributed by atoms with Gasteiger partial charge in [0.1, 0.15) is 0 Å². The monoisotopic (exact) mass is 278 g/mol. The van der Waals surface area contributed by atoms with Gasteiger partial charge in [0, 0.05) is 10.8 Å². The minimum Gasteiger partial charge on any atom is -0.397 e. The molecule has 108 valence electrons. The molecule has 3 rings (SSSR count). The van der Waals surface area contributed by atoms with Gasteiger partial charge in [-0.05, 0) is 36.6 Å². The highest BCUT2D eigenvalue weighted by Crippen LogP contribution is 2.28. The average molecular weight is 278 g/mol. The Morgan fingerprint density at radius 2 is 1.86 bits per heavy atom. The first-order valence-corrected chi connectivity index (χ1v) is 7.86. The molecule has 2 heteroatoms. The van der Waals surface area contributed by atoms with Gasteiger partial charge in [-0.15, -0.1) is 0 Å². The van der Waals surface area contributed by atoms with Crippen LogP contribution >= 0.6 is 0 Å². The Bertz CT molecular complexity index is 762. The number of hydrogen-bond donors (Lipinski definition) is 1. The van der Waals surface area contributed by atoms with Crippen LogP contribution in [0.1, 0.15) is 38.2 Å². The predicted molar refractivity (Wildman–Crippen MR) is 91.5 cm³/mol. The molecule has 0 atom stereocenters. The predicted octanol–water partition coefficient (Wildman–Crippen LogP) is 5.09. The van der Waals surface area contributed by atoms with E-state index >= 15 is 0 Å². The molecule has 0 fully saturated rings. The number of hydrogen-bond acceptors (Lipinski definition) is 2. The number of aryl methyl sites for hydroxylation is 1. The zero-order valence-electron chi connectivity index (χ0n) is 12.6. The normalized spacial score (nSPS) is 11.3. The number of pyridine rings is 1. The molecule has 0 aliphatic rings.